The number of fused-ring (bicyclic) bond motifs is 1. The fourth-order valence-corrected chi connectivity index (χ4v) is 2.14. The summed E-state index contributed by atoms with van der Waals surface area (Å²) in [5.41, 5.74) is 4.51. The molecule has 20 heavy (non-hydrogen) atoms. The van der Waals surface area contributed by atoms with Gasteiger partial charge in [0.05, 0.1) is 0 Å². The Labute approximate surface area is 122 Å². The van der Waals surface area contributed by atoms with Crippen LogP contribution >= 0.6 is 0 Å². The first kappa shape index (κ1) is 16.2. The van der Waals surface area contributed by atoms with E-state index in [-0.39, 0.29) is 6.17 Å². The van der Waals surface area contributed by atoms with E-state index in [4.69, 9.17) is 4.99 Å². The standard InChI is InChI=1S/C15H19N3.C2H6/c1-4-7-12(10-16-3)15-17-11(2)13-8-5-6-9-14(13)18-15;1-2/h5-10,15,18H,4H2,1-3H3;1-2H3/b12-7+,16-10?;. The van der Waals surface area contributed by atoms with E-state index in [1.165, 1.54) is 5.56 Å². The van der Waals surface area contributed by atoms with Crippen LogP contribution in [0.5, 0.6) is 0 Å². The monoisotopic (exact) mass is 271 g/mol. The maximum absolute atomic E-state index is 4.71. The van der Waals surface area contributed by atoms with Crippen molar-refractivity contribution in [1.29, 1.82) is 0 Å². The minimum Gasteiger partial charge on any atom is -0.359 e. The first-order valence-electron chi connectivity index (χ1n) is 7.28. The van der Waals surface area contributed by atoms with E-state index in [1.807, 2.05) is 32.2 Å². The molecule has 0 saturated carbocycles. The molecule has 1 heterocycles. The zero-order valence-electron chi connectivity index (χ0n) is 13.1. The highest BCUT2D eigenvalue weighted by molar-refractivity contribution is 6.05. The Morgan fingerprint density at radius 2 is 2.05 bits per heavy atom. The van der Waals surface area contributed by atoms with E-state index in [9.17, 15) is 0 Å². The van der Waals surface area contributed by atoms with Gasteiger partial charge in [0.15, 0.2) is 0 Å². The minimum atomic E-state index is -0.0245. The Kier molecular flexibility index (Phi) is 6.71. The quantitative estimate of drug-likeness (QED) is 0.817. The van der Waals surface area contributed by atoms with Gasteiger partial charge in [0.1, 0.15) is 6.17 Å². The lowest BCUT2D eigenvalue weighted by molar-refractivity contribution is 0.895. The van der Waals surface area contributed by atoms with E-state index >= 15 is 0 Å². The number of allylic oxidation sites excluding steroid dienone is 1. The summed E-state index contributed by atoms with van der Waals surface area (Å²) in [6, 6.07) is 8.26. The van der Waals surface area contributed by atoms with Crippen molar-refractivity contribution >= 4 is 17.6 Å². The highest BCUT2D eigenvalue weighted by Crippen LogP contribution is 2.24. The van der Waals surface area contributed by atoms with Crippen LogP contribution in [0.15, 0.2) is 45.9 Å². The number of hydrogen-bond donors (Lipinski definition) is 1. The van der Waals surface area contributed by atoms with Gasteiger partial charge in [-0.15, -0.1) is 0 Å². The lowest BCUT2D eigenvalue weighted by Crippen LogP contribution is -2.27. The molecule has 1 N–H and O–H groups in total. The van der Waals surface area contributed by atoms with Crippen molar-refractivity contribution in [2.75, 3.05) is 12.4 Å². The Bertz CT molecular complexity index is 513. The van der Waals surface area contributed by atoms with Crippen LogP contribution in [0.25, 0.3) is 0 Å². The molecule has 1 aliphatic heterocycles. The van der Waals surface area contributed by atoms with Crippen LogP contribution in [0.3, 0.4) is 0 Å². The molecule has 3 nitrogen and oxygen atoms in total. The molecule has 1 unspecified atom stereocenters. The highest BCUT2D eigenvalue weighted by atomic mass is 15.1. The molecule has 0 aromatic heterocycles. The molecular formula is C17H25N3. The molecule has 0 bridgehead atoms. The molecule has 0 spiro atoms. The van der Waals surface area contributed by atoms with Crippen LogP contribution in [0.2, 0.25) is 0 Å². The molecule has 3 heteroatoms. The number of para-hydroxylation sites is 1. The third kappa shape index (κ3) is 3.80. The van der Waals surface area contributed by atoms with Gasteiger partial charge < -0.3 is 5.32 Å². The lowest BCUT2D eigenvalue weighted by Gasteiger charge is -2.25. The second-order valence-corrected chi connectivity index (χ2v) is 4.31. The molecule has 0 fully saturated rings. The summed E-state index contributed by atoms with van der Waals surface area (Å²) in [6.07, 6.45) is 5.00. The number of hydrogen-bond acceptors (Lipinski definition) is 3. The second-order valence-electron chi connectivity index (χ2n) is 4.31. The third-order valence-electron chi connectivity index (χ3n) is 2.97. The average molecular weight is 271 g/mol. The first-order chi connectivity index (χ1) is 9.76. The molecule has 2 rings (SSSR count). The molecule has 0 aliphatic carbocycles. The minimum absolute atomic E-state index is 0.0245. The van der Waals surface area contributed by atoms with E-state index < -0.39 is 0 Å². The van der Waals surface area contributed by atoms with Crippen LogP contribution in [-0.4, -0.2) is 25.1 Å². The predicted molar refractivity (Wildman–Crippen MR) is 90.2 cm³/mol. The van der Waals surface area contributed by atoms with Crippen LogP contribution in [0.1, 0.15) is 39.7 Å². The summed E-state index contributed by atoms with van der Waals surface area (Å²) in [4.78, 5) is 8.82. The predicted octanol–water partition coefficient (Wildman–Crippen LogP) is 4.31. The van der Waals surface area contributed by atoms with Gasteiger partial charge in [-0.1, -0.05) is 45.0 Å². The number of anilines is 1. The zero-order chi connectivity index (χ0) is 15.0. The van der Waals surface area contributed by atoms with Gasteiger partial charge >= 0.3 is 0 Å². The smallest absolute Gasteiger partial charge is 0.146 e. The van der Waals surface area contributed by atoms with E-state index in [0.717, 1.165) is 23.4 Å². The Morgan fingerprint density at radius 1 is 1.35 bits per heavy atom. The molecule has 0 amide bonds. The van der Waals surface area contributed by atoms with E-state index in [2.05, 4.69) is 42.4 Å². The summed E-state index contributed by atoms with van der Waals surface area (Å²) in [5, 5.41) is 3.45. The zero-order valence-corrected chi connectivity index (χ0v) is 13.1. The Morgan fingerprint density at radius 3 is 2.70 bits per heavy atom. The van der Waals surface area contributed by atoms with Crippen LogP contribution in [0.4, 0.5) is 5.69 Å². The normalized spacial score (nSPS) is 17.8. The number of aliphatic imine (C=N–C) groups is 2. The summed E-state index contributed by atoms with van der Waals surface area (Å²) in [5.74, 6) is 0. The summed E-state index contributed by atoms with van der Waals surface area (Å²) in [7, 11) is 1.79. The second kappa shape index (κ2) is 8.31. The number of rotatable bonds is 3. The van der Waals surface area contributed by atoms with Crippen LogP contribution < -0.4 is 5.32 Å². The molecule has 1 aliphatic rings. The topological polar surface area (TPSA) is 36.8 Å². The maximum Gasteiger partial charge on any atom is 0.146 e. The first-order valence-corrected chi connectivity index (χ1v) is 7.28. The fraction of sp³-hybridized carbons (Fsp3) is 0.412. The van der Waals surface area contributed by atoms with Crippen molar-refractivity contribution in [1.82, 2.24) is 0 Å². The number of nitrogens with one attached hydrogen (secondary N) is 1. The largest absolute Gasteiger partial charge is 0.359 e. The highest BCUT2D eigenvalue weighted by Gasteiger charge is 2.19. The number of nitrogens with zero attached hydrogens (tertiary/aromatic N) is 2. The molecule has 0 radical (unpaired) electrons. The van der Waals surface area contributed by atoms with Gasteiger partial charge in [-0.3, -0.25) is 9.98 Å². The molecule has 1 atom stereocenters. The van der Waals surface area contributed by atoms with Crippen molar-refractivity contribution in [2.45, 2.75) is 40.3 Å². The van der Waals surface area contributed by atoms with Crippen molar-refractivity contribution in [3.63, 3.8) is 0 Å². The van der Waals surface area contributed by atoms with Gasteiger partial charge in [-0.25, -0.2) is 0 Å². The van der Waals surface area contributed by atoms with Crippen LogP contribution in [-0.2, 0) is 0 Å². The van der Waals surface area contributed by atoms with E-state index in [1.54, 1.807) is 7.05 Å². The van der Waals surface area contributed by atoms with E-state index in [0.29, 0.717) is 0 Å². The SMILES string of the molecule is CC.CC/C=C(\C=NC)C1N=C(C)c2ccccc2N1. The maximum atomic E-state index is 4.71. The number of benzene rings is 1. The fourth-order valence-electron chi connectivity index (χ4n) is 2.14. The van der Waals surface area contributed by atoms with Gasteiger partial charge in [-0.05, 0) is 19.4 Å². The molecule has 1 aromatic rings. The summed E-state index contributed by atoms with van der Waals surface area (Å²) >= 11 is 0. The van der Waals surface area contributed by atoms with Gasteiger partial charge in [0.2, 0.25) is 0 Å². The van der Waals surface area contributed by atoms with Crippen molar-refractivity contribution < 1.29 is 0 Å². The van der Waals surface area contributed by atoms with Gasteiger partial charge in [-0.2, -0.15) is 0 Å². The average Bonchev–Trinajstić information content (AvgIpc) is 2.49. The lowest BCUT2D eigenvalue weighted by atomic mass is 10.0. The molecule has 0 saturated heterocycles. The molecule has 108 valence electrons. The van der Waals surface area contributed by atoms with Crippen molar-refractivity contribution in [3.05, 3.63) is 41.5 Å². The summed E-state index contributed by atoms with van der Waals surface area (Å²) in [6.45, 7) is 8.18. The van der Waals surface area contributed by atoms with Crippen molar-refractivity contribution in [3.8, 4) is 0 Å². The molecule has 1 aromatic carbocycles. The van der Waals surface area contributed by atoms with Crippen molar-refractivity contribution in [2.24, 2.45) is 9.98 Å². The Hall–Kier alpha value is -1.90. The third-order valence-corrected chi connectivity index (χ3v) is 2.97. The summed E-state index contributed by atoms with van der Waals surface area (Å²) < 4.78 is 0. The van der Waals surface area contributed by atoms with Crippen LogP contribution in [0, 0.1) is 0 Å². The van der Waals surface area contributed by atoms with Gasteiger partial charge in [0, 0.05) is 35.8 Å². The Balaban J connectivity index is 0.000000956. The van der Waals surface area contributed by atoms with Gasteiger partial charge in [0.25, 0.3) is 0 Å². The molecular weight excluding hydrogens is 246 g/mol.